The van der Waals surface area contributed by atoms with Crippen molar-refractivity contribution < 1.29 is 9.47 Å². The Hall–Kier alpha value is -0.0800. The molecule has 0 aromatic rings. The molecule has 1 fully saturated rings. The Morgan fingerprint density at radius 2 is 1.47 bits per heavy atom. The maximum Gasteiger partial charge on any atom is 0.159 e. The van der Waals surface area contributed by atoms with Gasteiger partial charge in [0.15, 0.2) is 6.29 Å². The van der Waals surface area contributed by atoms with Gasteiger partial charge in [-0.3, -0.25) is 0 Å². The molecule has 0 bridgehead atoms. The monoisotopic (exact) mass is 242 g/mol. The summed E-state index contributed by atoms with van der Waals surface area (Å²) in [5, 5.41) is 0. The highest BCUT2D eigenvalue weighted by Crippen LogP contribution is 2.36. The predicted octanol–water partition coefficient (Wildman–Crippen LogP) is 4.09. The topological polar surface area (TPSA) is 18.5 Å². The lowest BCUT2D eigenvalue weighted by Crippen LogP contribution is -2.26. The van der Waals surface area contributed by atoms with Crippen molar-refractivity contribution in [1.29, 1.82) is 0 Å². The Morgan fingerprint density at radius 1 is 0.941 bits per heavy atom. The maximum absolute atomic E-state index is 5.34. The first kappa shape index (κ1) is 15.0. The summed E-state index contributed by atoms with van der Waals surface area (Å²) in [7, 11) is 3.47. The highest BCUT2D eigenvalue weighted by Gasteiger charge is 2.26. The molecule has 0 aliphatic heterocycles. The van der Waals surface area contributed by atoms with E-state index in [-0.39, 0.29) is 6.29 Å². The van der Waals surface area contributed by atoms with Gasteiger partial charge in [-0.05, 0) is 37.0 Å². The first-order valence-corrected chi connectivity index (χ1v) is 7.14. The Kier molecular flexibility index (Phi) is 6.50. The van der Waals surface area contributed by atoms with Crippen LogP contribution in [-0.2, 0) is 9.47 Å². The van der Waals surface area contributed by atoms with E-state index >= 15 is 0 Å². The van der Waals surface area contributed by atoms with E-state index in [4.69, 9.17) is 9.47 Å². The first-order valence-electron chi connectivity index (χ1n) is 7.14. The second kappa shape index (κ2) is 7.38. The highest BCUT2D eigenvalue weighted by molar-refractivity contribution is 4.76. The molecule has 0 spiro atoms. The Balaban J connectivity index is 2.30. The number of ether oxygens (including phenoxy) is 2. The SMILES string of the molecule is COC(OC)C(C)CC1CCC(C(C)C)CC1. The van der Waals surface area contributed by atoms with Crippen LogP contribution >= 0.6 is 0 Å². The van der Waals surface area contributed by atoms with Crippen molar-refractivity contribution in [2.24, 2.45) is 23.7 Å². The van der Waals surface area contributed by atoms with Gasteiger partial charge >= 0.3 is 0 Å². The van der Waals surface area contributed by atoms with Crippen LogP contribution in [0, 0.1) is 23.7 Å². The summed E-state index contributed by atoms with van der Waals surface area (Å²) in [5.41, 5.74) is 0. The lowest BCUT2D eigenvalue weighted by molar-refractivity contribution is -0.137. The zero-order valence-corrected chi connectivity index (χ0v) is 12.2. The molecule has 0 aromatic carbocycles. The van der Waals surface area contributed by atoms with E-state index in [0.29, 0.717) is 5.92 Å². The Bertz CT molecular complexity index is 191. The fraction of sp³-hybridized carbons (Fsp3) is 1.00. The molecule has 17 heavy (non-hydrogen) atoms. The zero-order valence-electron chi connectivity index (χ0n) is 12.2. The van der Waals surface area contributed by atoms with Crippen LogP contribution in [-0.4, -0.2) is 20.5 Å². The summed E-state index contributed by atoms with van der Waals surface area (Å²) < 4.78 is 10.7. The molecular formula is C15H30O2. The van der Waals surface area contributed by atoms with Crippen molar-refractivity contribution in [3.63, 3.8) is 0 Å². The van der Waals surface area contributed by atoms with E-state index in [1.165, 1.54) is 32.1 Å². The molecular weight excluding hydrogens is 212 g/mol. The standard InChI is InChI=1S/C15H30O2/c1-11(2)14-8-6-13(7-9-14)10-12(3)15(16-4)17-5/h11-15H,6-10H2,1-5H3. The highest BCUT2D eigenvalue weighted by atomic mass is 16.7. The molecule has 0 aromatic heterocycles. The van der Waals surface area contributed by atoms with Crippen LogP contribution in [0.1, 0.15) is 52.9 Å². The third-order valence-corrected chi connectivity index (χ3v) is 4.47. The lowest BCUT2D eigenvalue weighted by atomic mass is 9.74. The molecule has 1 unspecified atom stereocenters. The first-order chi connectivity index (χ1) is 8.08. The average molecular weight is 242 g/mol. The third-order valence-electron chi connectivity index (χ3n) is 4.47. The zero-order chi connectivity index (χ0) is 12.8. The summed E-state index contributed by atoms with van der Waals surface area (Å²) in [5.74, 6) is 3.21. The molecule has 0 saturated heterocycles. The van der Waals surface area contributed by atoms with Gasteiger partial charge in [0.2, 0.25) is 0 Å². The quantitative estimate of drug-likeness (QED) is 0.653. The van der Waals surface area contributed by atoms with Gasteiger partial charge in [0.05, 0.1) is 0 Å². The fourth-order valence-electron chi connectivity index (χ4n) is 3.29. The van der Waals surface area contributed by atoms with Crippen molar-refractivity contribution in [2.45, 2.75) is 59.2 Å². The number of methoxy groups -OCH3 is 2. The molecule has 102 valence electrons. The van der Waals surface area contributed by atoms with Gasteiger partial charge in [0.25, 0.3) is 0 Å². The van der Waals surface area contributed by atoms with E-state index in [1.54, 1.807) is 14.2 Å². The molecule has 1 saturated carbocycles. The van der Waals surface area contributed by atoms with E-state index in [1.807, 2.05) is 0 Å². The summed E-state index contributed by atoms with van der Waals surface area (Å²) in [6.45, 7) is 6.96. The van der Waals surface area contributed by atoms with Crippen molar-refractivity contribution in [2.75, 3.05) is 14.2 Å². The number of hydrogen-bond acceptors (Lipinski definition) is 2. The molecule has 1 aliphatic carbocycles. The van der Waals surface area contributed by atoms with Gasteiger partial charge in [0.1, 0.15) is 0 Å². The predicted molar refractivity (Wildman–Crippen MR) is 71.9 cm³/mol. The molecule has 0 N–H and O–H groups in total. The van der Waals surface area contributed by atoms with Crippen LogP contribution in [0.15, 0.2) is 0 Å². The van der Waals surface area contributed by atoms with Crippen LogP contribution in [0.25, 0.3) is 0 Å². The lowest BCUT2D eigenvalue weighted by Gasteiger charge is -2.33. The average Bonchev–Trinajstić information content (AvgIpc) is 2.31. The Labute approximate surface area is 107 Å². The van der Waals surface area contributed by atoms with Gasteiger partial charge in [-0.25, -0.2) is 0 Å². The van der Waals surface area contributed by atoms with Gasteiger partial charge in [-0.15, -0.1) is 0 Å². The van der Waals surface area contributed by atoms with Gasteiger partial charge in [-0.1, -0.05) is 33.6 Å². The maximum atomic E-state index is 5.34. The largest absolute Gasteiger partial charge is 0.356 e. The summed E-state index contributed by atoms with van der Waals surface area (Å²) in [6.07, 6.45) is 6.84. The molecule has 1 aliphatic rings. The summed E-state index contributed by atoms with van der Waals surface area (Å²) in [4.78, 5) is 0. The van der Waals surface area contributed by atoms with E-state index < -0.39 is 0 Å². The second-order valence-electron chi connectivity index (χ2n) is 6.08. The molecule has 0 radical (unpaired) electrons. The van der Waals surface area contributed by atoms with Crippen LogP contribution in [0.2, 0.25) is 0 Å². The molecule has 1 atom stereocenters. The minimum absolute atomic E-state index is 0.0298. The van der Waals surface area contributed by atoms with E-state index in [2.05, 4.69) is 20.8 Å². The second-order valence-corrected chi connectivity index (χ2v) is 6.08. The van der Waals surface area contributed by atoms with Crippen LogP contribution in [0.4, 0.5) is 0 Å². The summed E-state index contributed by atoms with van der Waals surface area (Å²) in [6, 6.07) is 0. The Morgan fingerprint density at radius 3 is 1.88 bits per heavy atom. The fourth-order valence-corrected chi connectivity index (χ4v) is 3.29. The normalized spacial score (nSPS) is 27.7. The van der Waals surface area contributed by atoms with Crippen LogP contribution < -0.4 is 0 Å². The van der Waals surface area contributed by atoms with Crippen molar-refractivity contribution in [3.8, 4) is 0 Å². The molecule has 2 heteroatoms. The summed E-state index contributed by atoms with van der Waals surface area (Å²) >= 11 is 0. The third kappa shape index (κ3) is 4.59. The smallest absolute Gasteiger partial charge is 0.159 e. The molecule has 1 rings (SSSR count). The van der Waals surface area contributed by atoms with Crippen molar-refractivity contribution in [1.82, 2.24) is 0 Å². The number of hydrogen-bond donors (Lipinski definition) is 0. The molecule has 2 nitrogen and oxygen atoms in total. The van der Waals surface area contributed by atoms with Gasteiger partial charge in [-0.2, -0.15) is 0 Å². The van der Waals surface area contributed by atoms with Gasteiger partial charge in [0, 0.05) is 20.1 Å². The van der Waals surface area contributed by atoms with Crippen LogP contribution in [0.5, 0.6) is 0 Å². The van der Waals surface area contributed by atoms with E-state index in [0.717, 1.165) is 17.8 Å². The van der Waals surface area contributed by atoms with Gasteiger partial charge < -0.3 is 9.47 Å². The minimum Gasteiger partial charge on any atom is -0.356 e. The molecule has 0 amide bonds. The van der Waals surface area contributed by atoms with Crippen LogP contribution in [0.3, 0.4) is 0 Å². The van der Waals surface area contributed by atoms with E-state index in [9.17, 15) is 0 Å². The van der Waals surface area contributed by atoms with Crippen molar-refractivity contribution in [3.05, 3.63) is 0 Å². The molecule has 0 heterocycles. The minimum atomic E-state index is -0.0298. The van der Waals surface area contributed by atoms with Crippen molar-refractivity contribution >= 4 is 0 Å². The number of rotatable bonds is 6.